The molecule has 0 aliphatic carbocycles. The fourth-order valence-electron chi connectivity index (χ4n) is 2.99. The Balaban J connectivity index is 1.53. The minimum atomic E-state index is -0.307. The van der Waals surface area contributed by atoms with Crippen LogP contribution in [-0.4, -0.2) is 37.9 Å². The topological polar surface area (TPSA) is 63.9 Å². The van der Waals surface area contributed by atoms with Crippen LogP contribution in [0.5, 0.6) is 0 Å². The highest BCUT2D eigenvalue weighted by atomic mass is 35.5. The van der Waals surface area contributed by atoms with Crippen molar-refractivity contribution in [3.63, 3.8) is 0 Å². The summed E-state index contributed by atoms with van der Waals surface area (Å²) in [7, 11) is 0. The lowest BCUT2D eigenvalue weighted by Gasteiger charge is -2.21. The summed E-state index contributed by atoms with van der Waals surface area (Å²) in [5.74, 6) is 0.0607. The van der Waals surface area contributed by atoms with E-state index in [2.05, 4.69) is 21.6 Å². The Kier molecular flexibility index (Phi) is 4.65. The van der Waals surface area contributed by atoms with Gasteiger partial charge in [-0.25, -0.2) is 0 Å². The second-order valence-electron chi connectivity index (χ2n) is 5.98. The number of hydrogen-bond acceptors (Lipinski definition) is 5. The van der Waals surface area contributed by atoms with Gasteiger partial charge in [-0.1, -0.05) is 41.6 Å². The van der Waals surface area contributed by atoms with E-state index in [0.717, 1.165) is 17.8 Å². The van der Waals surface area contributed by atoms with Crippen LogP contribution >= 0.6 is 23.4 Å². The summed E-state index contributed by atoms with van der Waals surface area (Å²) in [4.78, 5) is 14.8. The zero-order valence-corrected chi connectivity index (χ0v) is 15.6. The Morgan fingerprint density at radius 2 is 1.96 bits per heavy atom. The number of para-hydroxylation sites is 1. The summed E-state index contributed by atoms with van der Waals surface area (Å²) in [5, 5.41) is 12.8. The van der Waals surface area contributed by atoms with Crippen LogP contribution < -0.4 is 4.90 Å². The van der Waals surface area contributed by atoms with E-state index in [1.807, 2.05) is 42.2 Å². The van der Waals surface area contributed by atoms with Gasteiger partial charge >= 0.3 is 0 Å². The molecule has 0 spiro atoms. The number of carbonyl (C=O) groups is 1. The van der Waals surface area contributed by atoms with E-state index in [1.165, 1.54) is 17.3 Å². The lowest BCUT2D eigenvalue weighted by Crippen LogP contribution is -2.35. The predicted molar refractivity (Wildman–Crippen MR) is 102 cm³/mol. The number of benzene rings is 2. The second kappa shape index (κ2) is 7.09. The molecule has 1 aromatic heterocycles. The third-order valence-corrected chi connectivity index (χ3v) is 5.57. The lowest BCUT2D eigenvalue weighted by molar-refractivity contribution is -0.117. The summed E-state index contributed by atoms with van der Waals surface area (Å²) >= 11 is 7.28. The first-order chi connectivity index (χ1) is 12.6. The summed E-state index contributed by atoms with van der Waals surface area (Å²) in [6, 6.07) is 15.3. The average Bonchev–Trinajstić information content (AvgIpc) is 3.28. The number of halogens is 1. The van der Waals surface area contributed by atoms with Crippen LogP contribution in [0.1, 0.15) is 12.5 Å². The van der Waals surface area contributed by atoms with Crippen LogP contribution in [0.15, 0.2) is 53.7 Å². The molecule has 0 bridgehead atoms. The molecular formula is C18H16ClN5OS. The van der Waals surface area contributed by atoms with Gasteiger partial charge in [0.05, 0.1) is 10.9 Å². The first-order valence-corrected chi connectivity index (χ1v) is 9.49. The molecule has 6 nitrogen and oxygen atoms in total. The Hall–Kier alpha value is -2.38. The van der Waals surface area contributed by atoms with Crippen molar-refractivity contribution in [2.75, 3.05) is 11.4 Å². The van der Waals surface area contributed by atoms with Crippen molar-refractivity contribution in [2.24, 2.45) is 0 Å². The van der Waals surface area contributed by atoms with Crippen molar-refractivity contribution >= 4 is 35.0 Å². The normalized spacial score (nSPS) is 14.3. The number of rotatable bonds is 4. The number of aromatic nitrogens is 4. The minimum absolute atomic E-state index is 0.0607. The van der Waals surface area contributed by atoms with E-state index in [1.54, 1.807) is 16.8 Å². The van der Waals surface area contributed by atoms with Gasteiger partial charge in [0.1, 0.15) is 0 Å². The highest BCUT2D eigenvalue weighted by molar-refractivity contribution is 8.00. The lowest BCUT2D eigenvalue weighted by atomic mass is 10.2. The third-order valence-electron chi connectivity index (χ3n) is 4.30. The number of fused-ring (bicyclic) bond motifs is 1. The monoisotopic (exact) mass is 385 g/mol. The van der Waals surface area contributed by atoms with Crippen molar-refractivity contribution in [2.45, 2.75) is 23.8 Å². The smallest absolute Gasteiger partial charge is 0.240 e. The molecule has 26 heavy (non-hydrogen) atoms. The van der Waals surface area contributed by atoms with E-state index in [4.69, 9.17) is 11.6 Å². The highest BCUT2D eigenvalue weighted by Gasteiger charge is 2.29. The molecule has 0 unspecified atom stereocenters. The molecule has 3 aromatic rings. The molecule has 1 amide bonds. The maximum atomic E-state index is 12.9. The van der Waals surface area contributed by atoms with Crippen LogP contribution in [0.3, 0.4) is 0 Å². The van der Waals surface area contributed by atoms with Crippen LogP contribution in [0.4, 0.5) is 5.69 Å². The van der Waals surface area contributed by atoms with E-state index in [9.17, 15) is 4.79 Å². The fourth-order valence-corrected chi connectivity index (χ4v) is 3.99. The van der Waals surface area contributed by atoms with Crippen molar-refractivity contribution in [1.82, 2.24) is 20.2 Å². The Labute approximate surface area is 160 Å². The van der Waals surface area contributed by atoms with Gasteiger partial charge in [0.15, 0.2) is 0 Å². The number of thioether (sulfide) groups is 1. The van der Waals surface area contributed by atoms with Gasteiger partial charge in [-0.15, -0.1) is 5.10 Å². The molecule has 0 saturated carbocycles. The van der Waals surface area contributed by atoms with E-state index in [-0.39, 0.29) is 11.2 Å². The second-order valence-corrected chi connectivity index (χ2v) is 7.72. The van der Waals surface area contributed by atoms with Gasteiger partial charge in [-0.3, -0.25) is 4.79 Å². The SMILES string of the molecule is C[C@H](Sc1nnnn1-c1ccc(Cl)cc1)C(=O)N1CCc2ccccc21. The van der Waals surface area contributed by atoms with E-state index in [0.29, 0.717) is 16.7 Å². The molecule has 0 N–H and O–H groups in total. The third kappa shape index (κ3) is 3.20. The summed E-state index contributed by atoms with van der Waals surface area (Å²) < 4.78 is 1.61. The molecule has 0 fully saturated rings. The molecule has 1 atom stereocenters. The van der Waals surface area contributed by atoms with Crippen molar-refractivity contribution in [3.8, 4) is 5.69 Å². The first-order valence-electron chi connectivity index (χ1n) is 8.24. The molecular weight excluding hydrogens is 370 g/mol. The largest absolute Gasteiger partial charge is 0.311 e. The zero-order chi connectivity index (χ0) is 18.1. The molecule has 0 radical (unpaired) electrons. The molecule has 2 aromatic carbocycles. The fraction of sp³-hybridized carbons (Fsp3) is 0.222. The maximum Gasteiger partial charge on any atom is 0.240 e. The van der Waals surface area contributed by atoms with Gasteiger partial charge in [0.25, 0.3) is 0 Å². The van der Waals surface area contributed by atoms with Gasteiger partial charge < -0.3 is 4.90 Å². The molecule has 1 aliphatic heterocycles. The van der Waals surface area contributed by atoms with Crippen LogP contribution in [-0.2, 0) is 11.2 Å². The number of hydrogen-bond donors (Lipinski definition) is 0. The van der Waals surface area contributed by atoms with Crippen LogP contribution in [0.25, 0.3) is 5.69 Å². The standard InChI is InChI=1S/C18H16ClN5OS/c1-12(17(25)23-11-10-13-4-2-3-5-16(13)23)26-18-20-21-22-24(18)15-8-6-14(19)7-9-15/h2-9,12H,10-11H2,1H3/t12-/m0/s1. The number of anilines is 1. The quantitative estimate of drug-likeness (QED) is 0.644. The number of carbonyl (C=O) groups excluding carboxylic acids is 1. The van der Waals surface area contributed by atoms with Crippen molar-refractivity contribution in [1.29, 1.82) is 0 Å². The first kappa shape index (κ1) is 17.1. The molecule has 132 valence electrons. The Morgan fingerprint density at radius 3 is 2.77 bits per heavy atom. The van der Waals surface area contributed by atoms with Crippen LogP contribution in [0.2, 0.25) is 5.02 Å². The van der Waals surface area contributed by atoms with Crippen molar-refractivity contribution in [3.05, 3.63) is 59.1 Å². The molecule has 0 saturated heterocycles. The number of nitrogens with zero attached hydrogens (tertiary/aromatic N) is 5. The highest BCUT2D eigenvalue weighted by Crippen LogP contribution is 2.31. The summed E-state index contributed by atoms with van der Waals surface area (Å²) in [6.07, 6.45) is 0.891. The molecule has 2 heterocycles. The van der Waals surface area contributed by atoms with E-state index < -0.39 is 0 Å². The average molecular weight is 386 g/mol. The summed E-state index contributed by atoms with van der Waals surface area (Å²) in [6.45, 7) is 2.60. The summed E-state index contributed by atoms with van der Waals surface area (Å²) in [5.41, 5.74) is 3.01. The van der Waals surface area contributed by atoms with Gasteiger partial charge in [-0.2, -0.15) is 4.68 Å². The van der Waals surface area contributed by atoms with Gasteiger partial charge in [0, 0.05) is 17.3 Å². The predicted octanol–water partition coefficient (Wildman–Crippen LogP) is 3.39. The van der Waals surface area contributed by atoms with Gasteiger partial charge in [-0.05, 0) is 59.7 Å². The van der Waals surface area contributed by atoms with Crippen molar-refractivity contribution < 1.29 is 4.79 Å². The number of tetrazole rings is 1. The Morgan fingerprint density at radius 1 is 1.19 bits per heavy atom. The Bertz CT molecular complexity index is 943. The molecule has 8 heteroatoms. The maximum absolute atomic E-state index is 12.9. The molecule has 4 rings (SSSR count). The van der Waals surface area contributed by atoms with Crippen LogP contribution in [0, 0.1) is 0 Å². The zero-order valence-electron chi connectivity index (χ0n) is 14.0. The minimum Gasteiger partial charge on any atom is -0.311 e. The van der Waals surface area contributed by atoms with Gasteiger partial charge in [0.2, 0.25) is 11.1 Å². The molecule has 1 aliphatic rings. The number of amides is 1. The van der Waals surface area contributed by atoms with E-state index >= 15 is 0 Å².